The molecule has 1 N–H and O–H groups in total. The summed E-state index contributed by atoms with van der Waals surface area (Å²) < 4.78 is 125. The van der Waals surface area contributed by atoms with E-state index in [-0.39, 0.29) is 6.92 Å². The summed E-state index contributed by atoms with van der Waals surface area (Å²) in [6.45, 7) is 0.271. The lowest BCUT2D eigenvalue weighted by Crippen LogP contribution is -2.71. The molecule has 0 aliphatic carbocycles. The molecule has 24 heavy (non-hydrogen) atoms. The van der Waals surface area contributed by atoms with Crippen molar-refractivity contribution in [3.63, 3.8) is 0 Å². The highest BCUT2D eigenvalue weighted by atomic mass is 19.4. The predicted octanol–water partition coefficient (Wildman–Crippen LogP) is 3.23. The van der Waals surface area contributed by atoms with E-state index in [1.54, 1.807) is 0 Å². The van der Waals surface area contributed by atoms with Gasteiger partial charge < -0.3 is 14.6 Å². The van der Waals surface area contributed by atoms with E-state index in [9.17, 15) is 49.4 Å². The summed E-state index contributed by atoms with van der Waals surface area (Å²) in [4.78, 5) is 10.9. The van der Waals surface area contributed by atoms with Crippen molar-refractivity contribution in [2.24, 2.45) is 0 Å². The molecule has 0 saturated carbocycles. The molecule has 1 rings (SSSR count). The molecule has 0 amide bonds. The molecule has 0 aromatic rings. The molecule has 13 heteroatoms. The minimum absolute atomic E-state index is 0.104. The summed E-state index contributed by atoms with van der Waals surface area (Å²) >= 11 is 0. The van der Waals surface area contributed by atoms with Gasteiger partial charge >= 0.3 is 24.5 Å². The highest BCUT2D eigenvalue weighted by Crippen LogP contribution is 2.57. The van der Waals surface area contributed by atoms with Crippen LogP contribution >= 0.6 is 0 Å². The van der Waals surface area contributed by atoms with Gasteiger partial charge in [-0.3, -0.25) is 4.79 Å². The average Bonchev–Trinajstić information content (AvgIpc) is 2.21. The predicted molar refractivity (Wildman–Crippen MR) is 56.3 cm³/mol. The van der Waals surface area contributed by atoms with Gasteiger partial charge in [0.25, 0.3) is 5.79 Å². The van der Waals surface area contributed by atoms with Crippen molar-refractivity contribution in [2.75, 3.05) is 0 Å². The number of hydrogen-bond acceptors (Lipinski definition) is 4. The van der Waals surface area contributed by atoms with Crippen LogP contribution in [-0.2, 0) is 14.3 Å². The molecular formula is C11H11F9O4. The molecule has 0 unspecified atom stereocenters. The summed E-state index contributed by atoms with van der Waals surface area (Å²) in [5.41, 5.74) is -8.33. The van der Waals surface area contributed by atoms with E-state index in [0.29, 0.717) is 6.92 Å². The number of halogens is 9. The molecule has 0 spiro atoms. The van der Waals surface area contributed by atoms with Gasteiger partial charge in [0.15, 0.2) is 5.60 Å². The van der Waals surface area contributed by atoms with Gasteiger partial charge in [-0.2, -0.15) is 39.5 Å². The second kappa shape index (κ2) is 5.38. The first-order valence-corrected chi connectivity index (χ1v) is 6.11. The van der Waals surface area contributed by atoms with Crippen LogP contribution in [0.3, 0.4) is 0 Å². The largest absolute Gasteiger partial charge is 0.449 e. The molecule has 0 radical (unpaired) electrons. The van der Waals surface area contributed by atoms with Gasteiger partial charge in [-0.15, -0.1) is 0 Å². The third-order valence-electron chi connectivity index (χ3n) is 3.44. The molecule has 1 aliphatic heterocycles. The maximum Gasteiger partial charge on any atom is 0.443 e. The standard InChI is InChI=1S/C11H11F9O4/c1-5(21)23-7(10(15,16)17)3-6(2,9(12,13)14)24-8(22,4-7)11(18,19)20/h22H,3-4H2,1-2H3/t6-,7+,8+/m1/s1. The number of aliphatic hydroxyl groups is 1. The minimum atomic E-state index is -6.02. The Kier molecular flexibility index (Phi) is 4.66. The molecule has 142 valence electrons. The maximum absolute atomic E-state index is 13.2. The number of hydrogen-bond donors (Lipinski definition) is 1. The van der Waals surface area contributed by atoms with Gasteiger partial charge in [0.05, 0.1) is 6.42 Å². The van der Waals surface area contributed by atoms with Gasteiger partial charge in [-0.25, -0.2) is 0 Å². The number of ether oxygens (including phenoxy) is 2. The molecule has 0 aromatic heterocycles. The van der Waals surface area contributed by atoms with Crippen LogP contribution in [0.4, 0.5) is 39.5 Å². The molecule has 0 bridgehead atoms. The Morgan fingerprint density at radius 2 is 1.42 bits per heavy atom. The number of carbonyl (C=O) groups is 1. The third kappa shape index (κ3) is 3.41. The Morgan fingerprint density at radius 3 is 1.71 bits per heavy atom. The third-order valence-corrected chi connectivity index (χ3v) is 3.44. The summed E-state index contributed by atoms with van der Waals surface area (Å²) in [7, 11) is 0. The first-order chi connectivity index (χ1) is 10.3. The van der Waals surface area contributed by atoms with Crippen LogP contribution in [0, 0.1) is 0 Å². The molecule has 3 atom stereocenters. The summed E-state index contributed by atoms with van der Waals surface area (Å²) in [5, 5.41) is 9.38. The zero-order valence-corrected chi connectivity index (χ0v) is 12.0. The Morgan fingerprint density at radius 1 is 0.958 bits per heavy atom. The smallest absolute Gasteiger partial charge is 0.443 e. The molecule has 1 saturated heterocycles. The van der Waals surface area contributed by atoms with Crippen molar-refractivity contribution in [1.29, 1.82) is 0 Å². The SMILES string of the molecule is CC(=O)O[C@@]1(C(F)(F)F)C[C@](C)(C(F)(F)F)O[C@](O)(C(F)(F)F)C1. The van der Waals surface area contributed by atoms with Gasteiger partial charge in [0, 0.05) is 13.3 Å². The highest BCUT2D eigenvalue weighted by molar-refractivity contribution is 5.66. The molecule has 0 aromatic carbocycles. The Balaban J connectivity index is 3.62. The lowest BCUT2D eigenvalue weighted by molar-refractivity contribution is -0.469. The summed E-state index contributed by atoms with van der Waals surface area (Å²) in [5.74, 6) is -6.61. The van der Waals surface area contributed by atoms with E-state index >= 15 is 0 Å². The molecule has 4 nitrogen and oxygen atoms in total. The Bertz CT molecular complexity index is 481. The van der Waals surface area contributed by atoms with Gasteiger partial charge in [-0.05, 0) is 6.92 Å². The van der Waals surface area contributed by atoms with Crippen molar-refractivity contribution in [3.8, 4) is 0 Å². The van der Waals surface area contributed by atoms with Crippen molar-refractivity contribution < 1.29 is 58.9 Å². The van der Waals surface area contributed by atoms with Crippen LogP contribution < -0.4 is 0 Å². The second-order valence-electron chi connectivity index (χ2n) is 5.55. The van der Waals surface area contributed by atoms with Crippen LogP contribution in [0.2, 0.25) is 0 Å². The van der Waals surface area contributed by atoms with Crippen LogP contribution in [0.1, 0.15) is 26.7 Å². The number of carbonyl (C=O) groups excluding carboxylic acids is 1. The van der Waals surface area contributed by atoms with Crippen LogP contribution in [0.15, 0.2) is 0 Å². The Labute approximate surface area is 128 Å². The normalized spacial score (nSPS) is 35.7. The van der Waals surface area contributed by atoms with E-state index in [1.165, 1.54) is 0 Å². The van der Waals surface area contributed by atoms with Gasteiger partial charge in [0.1, 0.15) is 0 Å². The fourth-order valence-electron chi connectivity index (χ4n) is 2.36. The average molecular weight is 378 g/mol. The van der Waals surface area contributed by atoms with Gasteiger partial charge in [0.2, 0.25) is 5.60 Å². The van der Waals surface area contributed by atoms with E-state index in [2.05, 4.69) is 9.47 Å². The molecule has 1 fully saturated rings. The van der Waals surface area contributed by atoms with E-state index in [1.807, 2.05) is 0 Å². The highest BCUT2D eigenvalue weighted by Gasteiger charge is 2.77. The zero-order valence-electron chi connectivity index (χ0n) is 12.0. The summed E-state index contributed by atoms with van der Waals surface area (Å²) in [6, 6.07) is 0. The number of rotatable bonds is 1. The molecule has 1 heterocycles. The monoisotopic (exact) mass is 378 g/mol. The first-order valence-electron chi connectivity index (χ1n) is 6.11. The summed E-state index contributed by atoms with van der Waals surface area (Å²) in [6.07, 6.45) is -22.3. The van der Waals surface area contributed by atoms with Crippen molar-refractivity contribution in [1.82, 2.24) is 0 Å². The van der Waals surface area contributed by atoms with Crippen LogP contribution in [-0.4, -0.2) is 46.6 Å². The Hall–Kier alpha value is -1.24. The minimum Gasteiger partial charge on any atom is -0.449 e. The van der Waals surface area contributed by atoms with Crippen molar-refractivity contribution in [2.45, 2.75) is 62.2 Å². The van der Waals surface area contributed by atoms with Crippen molar-refractivity contribution >= 4 is 5.97 Å². The fraction of sp³-hybridized carbons (Fsp3) is 0.909. The fourth-order valence-corrected chi connectivity index (χ4v) is 2.36. The van der Waals surface area contributed by atoms with Crippen LogP contribution in [0.5, 0.6) is 0 Å². The zero-order chi connectivity index (χ0) is 19.4. The second-order valence-corrected chi connectivity index (χ2v) is 5.55. The number of esters is 1. The lowest BCUT2D eigenvalue weighted by atomic mass is 9.78. The first kappa shape index (κ1) is 20.8. The van der Waals surface area contributed by atoms with E-state index < -0.39 is 54.3 Å². The quantitative estimate of drug-likeness (QED) is 0.562. The van der Waals surface area contributed by atoms with E-state index in [0.717, 1.165) is 0 Å². The lowest BCUT2D eigenvalue weighted by Gasteiger charge is -2.52. The van der Waals surface area contributed by atoms with Gasteiger partial charge in [-0.1, -0.05) is 0 Å². The molecular weight excluding hydrogens is 367 g/mol. The topological polar surface area (TPSA) is 55.8 Å². The maximum atomic E-state index is 13.2. The van der Waals surface area contributed by atoms with Crippen LogP contribution in [0.25, 0.3) is 0 Å². The number of alkyl halides is 9. The van der Waals surface area contributed by atoms with Crippen molar-refractivity contribution in [3.05, 3.63) is 0 Å². The van der Waals surface area contributed by atoms with E-state index in [4.69, 9.17) is 0 Å². The molecule has 1 aliphatic rings.